The van der Waals surface area contributed by atoms with Crippen LogP contribution in [-0.4, -0.2) is 79.0 Å². The van der Waals surface area contributed by atoms with Crippen LogP contribution in [0.5, 0.6) is 0 Å². The molecule has 1 aromatic carbocycles. The summed E-state index contributed by atoms with van der Waals surface area (Å²) in [5.41, 5.74) is 3.12. The third-order valence-corrected chi connectivity index (χ3v) is 6.95. The fourth-order valence-electron chi connectivity index (χ4n) is 4.75. The predicted molar refractivity (Wildman–Crippen MR) is 140 cm³/mol. The number of carbonyl (C=O) groups is 3. The third kappa shape index (κ3) is 6.27. The van der Waals surface area contributed by atoms with Crippen LogP contribution in [0.4, 0.5) is 4.79 Å². The molecule has 0 spiro atoms. The standard InChI is InChI=1S/C28H42N4O4/c1-8-36-26(34)23-22(18-31-14-9-15-32(17-16-31)25(33)19(2)3)30(7)27(35)29-24(23)20-10-12-21(13-11-20)28(4,5)6/h10-13,19,24H,8-9,14-18H2,1-7H3,(H,29,35). The number of nitrogens with zero attached hydrogens (tertiary/aromatic N) is 3. The molecule has 36 heavy (non-hydrogen) atoms. The normalized spacial score (nSPS) is 19.9. The van der Waals surface area contributed by atoms with Crippen LogP contribution in [0.15, 0.2) is 35.5 Å². The number of urea groups is 1. The maximum atomic E-state index is 13.3. The molecule has 1 aromatic rings. The van der Waals surface area contributed by atoms with Gasteiger partial charge in [0.1, 0.15) is 0 Å². The molecule has 1 unspecified atom stereocenters. The number of nitrogens with one attached hydrogen (secondary N) is 1. The van der Waals surface area contributed by atoms with Gasteiger partial charge < -0.3 is 15.0 Å². The van der Waals surface area contributed by atoms with Crippen LogP contribution in [0.1, 0.15) is 65.1 Å². The average Bonchev–Trinajstić information content (AvgIpc) is 3.06. The Labute approximate surface area is 215 Å². The van der Waals surface area contributed by atoms with E-state index in [0.717, 1.165) is 25.1 Å². The maximum absolute atomic E-state index is 13.3. The highest BCUT2D eigenvalue weighted by Gasteiger charge is 2.37. The minimum atomic E-state index is -0.595. The van der Waals surface area contributed by atoms with E-state index in [0.29, 0.717) is 30.9 Å². The van der Waals surface area contributed by atoms with Crippen molar-refractivity contribution in [2.75, 3.05) is 46.4 Å². The summed E-state index contributed by atoms with van der Waals surface area (Å²) in [5.74, 6) is -0.292. The third-order valence-electron chi connectivity index (χ3n) is 6.95. The molecule has 0 bridgehead atoms. The molecule has 2 heterocycles. The van der Waals surface area contributed by atoms with Gasteiger partial charge in [0.2, 0.25) is 5.91 Å². The number of hydrogen-bond acceptors (Lipinski definition) is 5. The molecular weight excluding hydrogens is 456 g/mol. The highest BCUT2D eigenvalue weighted by Crippen LogP contribution is 2.33. The molecular formula is C28H42N4O4. The molecule has 8 nitrogen and oxygen atoms in total. The molecule has 0 radical (unpaired) electrons. The van der Waals surface area contributed by atoms with Crippen molar-refractivity contribution in [3.05, 3.63) is 46.7 Å². The van der Waals surface area contributed by atoms with Crippen molar-refractivity contribution in [3.8, 4) is 0 Å². The Morgan fingerprint density at radius 1 is 1.08 bits per heavy atom. The molecule has 3 rings (SSSR count). The number of benzene rings is 1. The van der Waals surface area contributed by atoms with Gasteiger partial charge in [-0.1, -0.05) is 58.9 Å². The topological polar surface area (TPSA) is 82.2 Å². The molecule has 198 valence electrons. The second-order valence-corrected chi connectivity index (χ2v) is 11.0. The SMILES string of the molecule is CCOC(=O)C1=C(CN2CCCN(C(=O)C(C)C)CC2)N(C)C(=O)NC1c1ccc(C(C)(C)C)cc1. The van der Waals surface area contributed by atoms with Crippen LogP contribution in [0.25, 0.3) is 0 Å². The minimum absolute atomic E-state index is 0.00284. The van der Waals surface area contributed by atoms with Gasteiger partial charge in [-0.05, 0) is 29.9 Å². The fraction of sp³-hybridized carbons (Fsp3) is 0.607. The molecule has 0 aromatic heterocycles. The zero-order chi connectivity index (χ0) is 26.6. The smallest absolute Gasteiger partial charge is 0.338 e. The minimum Gasteiger partial charge on any atom is -0.463 e. The van der Waals surface area contributed by atoms with Crippen LogP contribution in [-0.2, 0) is 19.7 Å². The van der Waals surface area contributed by atoms with Crippen molar-refractivity contribution in [1.29, 1.82) is 0 Å². The van der Waals surface area contributed by atoms with E-state index in [2.05, 4.69) is 43.1 Å². The Balaban J connectivity index is 1.95. The number of hydrogen-bond donors (Lipinski definition) is 1. The number of rotatable bonds is 6. The first kappa shape index (κ1) is 27.7. The van der Waals surface area contributed by atoms with Crippen molar-refractivity contribution < 1.29 is 19.1 Å². The summed E-state index contributed by atoms with van der Waals surface area (Å²) < 4.78 is 5.47. The van der Waals surface area contributed by atoms with Crippen molar-refractivity contribution in [2.24, 2.45) is 5.92 Å². The van der Waals surface area contributed by atoms with Gasteiger partial charge in [-0.25, -0.2) is 9.59 Å². The van der Waals surface area contributed by atoms with Gasteiger partial charge in [0, 0.05) is 51.4 Å². The second-order valence-electron chi connectivity index (χ2n) is 11.0. The van der Waals surface area contributed by atoms with E-state index in [1.165, 1.54) is 10.5 Å². The number of carbonyl (C=O) groups excluding carboxylic acids is 3. The van der Waals surface area contributed by atoms with Gasteiger partial charge in [-0.15, -0.1) is 0 Å². The first-order valence-electron chi connectivity index (χ1n) is 13.0. The summed E-state index contributed by atoms with van der Waals surface area (Å²) in [7, 11) is 1.69. The van der Waals surface area contributed by atoms with Crippen LogP contribution in [0.2, 0.25) is 0 Å². The summed E-state index contributed by atoms with van der Waals surface area (Å²) in [4.78, 5) is 44.5. The zero-order valence-electron chi connectivity index (χ0n) is 22.9. The quantitative estimate of drug-likeness (QED) is 0.605. The molecule has 1 N–H and O–H groups in total. The van der Waals surface area contributed by atoms with E-state index < -0.39 is 12.0 Å². The lowest BCUT2D eigenvalue weighted by molar-refractivity contribution is -0.139. The Bertz CT molecular complexity index is 994. The lowest BCUT2D eigenvalue weighted by atomic mass is 9.85. The fourth-order valence-corrected chi connectivity index (χ4v) is 4.75. The first-order chi connectivity index (χ1) is 16.9. The van der Waals surface area contributed by atoms with Crippen molar-refractivity contribution in [3.63, 3.8) is 0 Å². The lowest BCUT2D eigenvalue weighted by Gasteiger charge is -2.36. The first-order valence-corrected chi connectivity index (χ1v) is 13.0. The van der Waals surface area contributed by atoms with Gasteiger partial charge in [0.05, 0.1) is 18.2 Å². The van der Waals surface area contributed by atoms with E-state index in [9.17, 15) is 14.4 Å². The molecule has 1 atom stereocenters. The second kappa shape index (κ2) is 11.5. The zero-order valence-corrected chi connectivity index (χ0v) is 22.9. The van der Waals surface area contributed by atoms with Gasteiger partial charge in [-0.2, -0.15) is 0 Å². The summed E-state index contributed by atoms with van der Waals surface area (Å²) in [6.45, 7) is 15.6. The van der Waals surface area contributed by atoms with E-state index in [-0.39, 0.29) is 29.9 Å². The van der Waals surface area contributed by atoms with Crippen molar-refractivity contribution in [1.82, 2.24) is 20.0 Å². The molecule has 2 aliphatic heterocycles. The van der Waals surface area contributed by atoms with Crippen molar-refractivity contribution >= 4 is 17.9 Å². The summed E-state index contributed by atoms with van der Waals surface area (Å²) in [6.07, 6.45) is 0.841. The Hall–Kier alpha value is -2.87. The van der Waals surface area contributed by atoms with E-state index in [1.807, 2.05) is 30.9 Å². The maximum Gasteiger partial charge on any atom is 0.338 e. The largest absolute Gasteiger partial charge is 0.463 e. The van der Waals surface area contributed by atoms with E-state index in [1.54, 1.807) is 14.0 Å². The van der Waals surface area contributed by atoms with Gasteiger partial charge >= 0.3 is 12.0 Å². The van der Waals surface area contributed by atoms with Crippen LogP contribution < -0.4 is 5.32 Å². The highest BCUT2D eigenvalue weighted by atomic mass is 16.5. The monoisotopic (exact) mass is 498 g/mol. The number of likely N-dealkylation sites (N-methyl/N-ethyl adjacent to an activating group) is 1. The van der Waals surface area contributed by atoms with Crippen LogP contribution in [0.3, 0.4) is 0 Å². The number of amides is 3. The molecule has 0 aliphatic carbocycles. The molecule has 2 aliphatic rings. The molecule has 0 saturated carbocycles. The number of esters is 1. The van der Waals surface area contributed by atoms with Gasteiger partial charge in [0.15, 0.2) is 0 Å². The Morgan fingerprint density at radius 2 is 1.75 bits per heavy atom. The molecule has 1 saturated heterocycles. The van der Waals surface area contributed by atoms with E-state index in [4.69, 9.17) is 4.74 Å². The van der Waals surface area contributed by atoms with Crippen LogP contribution >= 0.6 is 0 Å². The highest BCUT2D eigenvalue weighted by molar-refractivity contribution is 5.95. The van der Waals surface area contributed by atoms with E-state index >= 15 is 0 Å². The lowest BCUT2D eigenvalue weighted by Crippen LogP contribution is -2.49. The summed E-state index contributed by atoms with van der Waals surface area (Å²) in [6, 6.07) is 7.22. The molecule has 3 amide bonds. The summed E-state index contributed by atoms with van der Waals surface area (Å²) >= 11 is 0. The molecule has 8 heteroatoms. The predicted octanol–water partition coefficient (Wildman–Crippen LogP) is 3.69. The van der Waals surface area contributed by atoms with Gasteiger partial charge in [-0.3, -0.25) is 14.6 Å². The van der Waals surface area contributed by atoms with Crippen LogP contribution in [0, 0.1) is 5.92 Å². The number of ether oxygens (including phenoxy) is 1. The van der Waals surface area contributed by atoms with Gasteiger partial charge in [0.25, 0.3) is 0 Å². The Kier molecular flexibility index (Phi) is 8.82. The van der Waals surface area contributed by atoms with Crippen molar-refractivity contribution in [2.45, 2.75) is 59.4 Å². The molecule has 1 fully saturated rings. The summed E-state index contributed by atoms with van der Waals surface area (Å²) in [5, 5.41) is 3.00. The average molecular weight is 499 g/mol. The Morgan fingerprint density at radius 3 is 2.33 bits per heavy atom.